The molecule has 0 bridgehead atoms. The molecule has 0 spiro atoms. The van der Waals surface area contributed by atoms with Crippen molar-refractivity contribution in [2.45, 2.75) is 53.4 Å². The number of benzene rings is 1. The zero-order chi connectivity index (χ0) is 15.6. The molecule has 0 radical (unpaired) electrons. The largest absolute Gasteiger partial charge is 0.325 e. The predicted octanol–water partition coefficient (Wildman–Crippen LogP) is 4.89. The summed E-state index contributed by atoms with van der Waals surface area (Å²) in [5.74, 6) is -0.179. The van der Waals surface area contributed by atoms with Crippen LogP contribution in [0.1, 0.15) is 52.2 Å². The van der Waals surface area contributed by atoms with Gasteiger partial charge in [0.1, 0.15) is 5.88 Å². The van der Waals surface area contributed by atoms with Crippen LogP contribution in [0.4, 0.5) is 5.69 Å². The summed E-state index contributed by atoms with van der Waals surface area (Å²) in [7, 11) is 0. The Morgan fingerprint density at radius 1 is 1.20 bits per heavy atom. The number of aryl methyl sites for hydroxylation is 1. The van der Waals surface area contributed by atoms with Gasteiger partial charge in [0, 0.05) is 5.69 Å². The van der Waals surface area contributed by atoms with Gasteiger partial charge in [-0.2, -0.15) is 0 Å². The van der Waals surface area contributed by atoms with E-state index in [1.54, 1.807) is 0 Å². The van der Waals surface area contributed by atoms with E-state index in [-0.39, 0.29) is 22.6 Å². The lowest BCUT2D eigenvalue weighted by Crippen LogP contribution is -2.27. The summed E-state index contributed by atoms with van der Waals surface area (Å²) in [6, 6.07) is 6.16. The molecule has 112 valence electrons. The molecule has 0 unspecified atom stereocenters. The van der Waals surface area contributed by atoms with Crippen LogP contribution in [0, 0.1) is 12.3 Å². The first-order valence-corrected chi connectivity index (χ1v) is 7.56. The predicted molar refractivity (Wildman–Crippen MR) is 87.6 cm³/mol. The fraction of sp³-hybridized carbons (Fsp3) is 0.588. The Kier molecular flexibility index (Phi) is 5.26. The van der Waals surface area contributed by atoms with Gasteiger partial charge < -0.3 is 5.32 Å². The molecule has 3 heteroatoms. The van der Waals surface area contributed by atoms with Crippen molar-refractivity contribution >= 4 is 23.2 Å². The van der Waals surface area contributed by atoms with Gasteiger partial charge >= 0.3 is 0 Å². The van der Waals surface area contributed by atoms with E-state index >= 15 is 0 Å². The number of carbonyl (C=O) groups excluding carboxylic acids is 1. The molecule has 0 aliphatic heterocycles. The summed E-state index contributed by atoms with van der Waals surface area (Å²) in [5, 5.41) is 2.95. The Bertz CT molecular complexity index is 486. The van der Waals surface area contributed by atoms with Gasteiger partial charge in [0.05, 0.1) is 0 Å². The summed E-state index contributed by atoms with van der Waals surface area (Å²) in [6.07, 6.45) is 1.03. The number of hydrogen-bond acceptors (Lipinski definition) is 1. The van der Waals surface area contributed by atoms with Crippen molar-refractivity contribution in [1.29, 1.82) is 0 Å². The molecule has 1 rings (SSSR count). The molecule has 1 amide bonds. The van der Waals surface area contributed by atoms with Gasteiger partial charge in [-0.1, -0.05) is 52.8 Å². The van der Waals surface area contributed by atoms with E-state index in [4.69, 9.17) is 11.6 Å². The first kappa shape index (κ1) is 17.0. The molecule has 20 heavy (non-hydrogen) atoms. The summed E-state index contributed by atoms with van der Waals surface area (Å²) in [4.78, 5) is 11.7. The second-order valence-electron chi connectivity index (χ2n) is 7.30. The summed E-state index contributed by atoms with van der Waals surface area (Å²) in [5.41, 5.74) is 3.36. The summed E-state index contributed by atoms with van der Waals surface area (Å²) in [6.45, 7) is 13.2. The van der Waals surface area contributed by atoms with Gasteiger partial charge in [0.15, 0.2) is 0 Å². The molecule has 0 saturated heterocycles. The highest BCUT2D eigenvalue weighted by atomic mass is 35.5. The number of rotatable bonds is 4. The Morgan fingerprint density at radius 2 is 1.80 bits per heavy atom. The quantitative estimate of drug-likeness (QED) is 0.788. The van der Waals surface area contributed by atoms with Crippen LogP contribution in [0.25, 0.3) is 0 Å². The lowest BCUT2D eigenvalue weighted by Gasteiger charge is -2.34. The van der Waals surface area contributed by atoms with Crippen LogP contribution in [-0.2, 0) is 10.2 Å². The van der Waals surface area contributed by atoms with Crippen molar-refractivity contribution < 1.29 is 4.79 Å². The first-order chi connectivity index (χ1) is 9.07. The van der Waals surface area contributed by atoms with Crippen LogP contribution < -0.4 is 5.32 Å². The van der Waals surface area contributed by atoms with Crippen LogP contribution in [0.3, 0.4) is 0 Å². The van der Waals surface area contributed by atoms with E-state index in [0.29, 0.717) is 0 Å². The molecule has 0 fully saturated rings. The van der Waals surface area contributed by atoms with Crippen molar-refractivity contribution in [2.75, 3.05) is 11.2 Å². The minimum absolute atomic E-state index is 0.0147. The van der Waals surface area contributed by atoms with Gasteiger partial charge in [-0.15, -0.1) is 11.6 Å². The maximum atomic E-state index is 11.7. The minimum Gasteiger partial charge on any atom is -0.325 e. The molecule has 0 heterocycles. The number of amides is 1. The molecule has 0 aliphatic carbocycles. The SMILES string of the molecule is Cc1cccc(C(C)(C)CC(C)(C)C)c1NC(=O)CCl. The van der Waals surface area contributed by atoms with Crippen LogP contribution >= 0.6 is 11.6 Å². The monoisotopic (exact) mass is 295 g/mol. The van der Waals surface area contributed by atoms with E-state index in [1.807, 2.05) is 19.1 Å². The third-order valence-electron chi connectivity index (χ3n) is 3.36. The summed E-state index contributed by atoms with van der Waals surface area (Å²) < 4.78 is 0. The molecular weight excluding hydrogens is 270 g/mol. The van der Waals surface area contributed by atoms with Crippen LogP contribution in [0.15, 0.2) is 18.2 Å². The smallest absolute Gasteiger partial charge is 0.239 e. The average molecular weight is 296 g/mol. The standard InChI is InChI=1S/C17H26ClNO/c1-12-8-7-9-13(15(12)19-14(20)10-18)17(5,6)11-16(2,3)4/h7-9H,10-11H2,1-6H3,(H,19,20). The fourth-order valence-electron chi connectivity index (χ4n) is 2.99. The molecule has 2 nitrogen and oxygen atoms in total. The Balaban J connectivity index is 3.23. The molecule has 1 N–H and O–H groups in total. The van der Waals surface area contributed by atoms with E-state index in [9.17, 15) is 4.79 Å². The van der Waals surface area contributed by atoms with Crippen molar-refractivity contribution in [3.63, 3.8) is 0 Å². The second kappa shape index (κ2) is 6.17. The third-order valence-corrected chi connectivity index (χ3v) is 3.60. The van der Waals surface area contributed by atoms with Gasteiger partial charge in [-0.3, -0.25) is 4.79 Å². The van der Waals surface area contributed by atoms with Gasteiger partial charge in [0.25, 0.3) is 0 Å². The first-order valence-electron chi connectivity index (χ1n) is 7.03. The molecule has 1 aromatic carbocycles. The van der Waals surface area contributed by atoms with Gasteiger partial charge in [-0.05, 0) is 35.3 Å². The molecule has 1 aromatic rings. The highest BCUT2D eigenvalue weighted by Crippen LogP contribution is 2.40. The fourth-order valence-corrected chi connectivity index (χ4v) is 3.06. The number of hydrogen-bond donors (Lipinski definition) is 1. The van der Waals surface area contributed by atoms with Crippen LogP contribution in [0.2, 0.25) is 0 Å². The lowest BCUT2D eigenvalue weighted by atomic mass is 9.71. The van der Waals surface area contributed by atoms with E-state index < -0.39 is 0 Å². The van der Waals surface area contributed by atoms with E-state index in [1.165, 1.54) is 5.56 Å². The Hall–Kier alpha value is -1.02. The van der Waals surface area contributed by atoms with Crippen molar-refractivity contribution in [3.05, 3.63) is 29.3 Å². The van der Waals surface area contributed by atoms with E-state index in [2.05, 4.69) is 46.0 Å². The number of carbonyl (C=O) groups is 1. The topological polar surface area (TPSA) is 29.1 Å². The number of para-hydroxylation sites is 1. The highest BCUT2D eigenvalue weighted by Gasteiger charge is 2.30. The van der Waals surface area contributed by atoms with Gasteiger partial charge in [0.2, 0.25) is 5.91 Å². The number of nitrogens with one attached hydrogen (secondary N) is 1. The summed E-state index contributed by atoms with van der Waals surface area (Å²) >= 11 is 5.62. The highest BCUT2D eigenvalue weighted by molar-refractivity contribution is 6.29. The zero-order valence-electron chi connectivity index (χ0n) is 13.4. The Labute approximate surface area is 127 Å². The van der Waals surface area contributed by atoms with Gasteiger partial charge in [-0.25, -0.2) is 0 Å². The molecule has 0 aliphatic rings. The second-order valence-corrected chi connectivity index (χ2v) is 7.57. The molecular formula is C17H26ClNO. The number of halogens is 1. The van der Waals surface area contributed by atoms with Crippen LogP contribution in [-0.4, -0.2) is 11.8 Å². The normalized spacial score (nSPS) is 12.3. The van der Waals surface area contributed by atoms with Crippen molar-refractivity contribution in [3.8, 4) is 0 Å². The maximum Gasteiger partial charge on any atom is 0.239 e. The molecule has 0 atom stereocenters. The Morgan fingerprint density at radius 3 is 2.30 bits per heavy atom. The zero-order valence-corrected chi connectivity index (χ0v) is 14.2. The number of anilines is 1. The van der Waals surface area contributed by atoms with Crippen molar-refractivity contribution in [1.82, 2.24) is 0 Å². The molecule has 0 saturated carbocycles. The molecule has 0 aromatic heterocycles. The van der Waals surface area contributed by atoms with Crippen LogP contribution in [0.5, 0.6) is 0 Å². The van der Waals surface area contributed by atoms with E-state index in [0.717, 1.165) is 17.7 Å². The maximum absolute atomic E-state index is 11.7. The minimum atomic E-state index is -0.159. The average Bonchev–Trinajstić information content (AvgIpc) is 2.28. The van der Waals surface area contributed by atoms with Crippen molar-refractivity contribution in [2.24, 2.45) is 5.41 Å². The lowest BCUT2D eigenvalue weighted by molar-refractivity contribution is -0.113. The number of alkyl halides is 1. The third kappa shape index (κ3) is 4.52.